The molecule has 1 unspecified atom stereocenters. The fraction of sp³-hybridized carbons (Fsp3) is 0.308. The van der Waals surface area contributed by atoms with E-state index in [0.717, 1.165) is 23.0 Å². The molecule has 6 nitrogen and oxygen atoms in total. The average molecular weight is 331 g/mol. The number of hydrogen-bond acceptors (Lipinski definition) is 3. The van der Waals surface area contributed by atoms with Gasteiger partial charge >= 0.3 is 0 Å². The second kappa shape index (κ2) is 5.82. The van der Waals surface area contributed by atoms with E-state index in [2.05, 4.69) is 5.10 Å². The van der Waals surface area contributed by atoms with E-state index < -0.39 is 4.33 Å². The van der Waals surface area contributed by atoms with Crippen LogP contribution in [0.15, 0.2) is 30.6 Å². The van der Waals surface area contributed by atoms with Gasteiger partial charge in [-0.25, -0.2) is 0 Å². The standard InChI is InChI=1S/C13H14Cl2N4O.H2O/c14-13(15)4-10(13)7-19-6-9(5-17-19)8-1-2-11(16)12(3-8)18-20;/h1-3,5-6,10H,4,7,16,18H2;1H2. The van der Waals surface area contributed by atoms with Crippen LogP contribution in [0.5, 0.6) is 0 Å². The summed E-state index contributed by atoms with van der Waals surface area (Å²) < 4.78 is 1.22. The van der Waals surface area contributed by atoms with E-state index in [-0.39, 0.29) is 11.4 Å². The Morgan fingerprint density at radius 2 is 2.14 bits per heavy atom. The minimum absolute atomic E-state index is 0. The first-order valence-electron chi connectivity index (χ1n) is 6.25. The minimum Gasteiger partial charge on any atom is -0.630 e. The maximum absolute atomic E-state index is 10.9. The molecule has 21 heavy (non-hydrogen) atoms. The fourth-order valence-corrected chi connectivity index (χ4v) is 2.67. The summed E-state index contributed by atoms with van der Waals surface area (Å²) in [4.78, 5) is 0. The van der Waals surface area contributed by atoms with E-state index in [4.69, 9.17) is 28.9 Å². The van der Waals surface area contributed by atoms with Gasteiger partial charge in [0.15, 0.2) is 5.69 Å². The van der Waals surface area contributed by atoms with Gasteiger partial charge in [0.2, 0.25) is 0 Å². The van der Waals surface area contributed by atoms with Crippen molar-refractivity contribution in [1.29, 1.82) is 0 Å². The van der Waals surface area contributed by atoms with Crippen molar-refractivity contribution in [3.8, 4) is 11.1 Å². The topological polar surface area (TPSA) is 115 Å². The van der Waals surface area contributed by atoms with Crippen LogP contribution in [0.3, 0.4) is 0 Å². The highest BCUT2D eigenvalue weighted by atomic mass is 35.5. The van der Waals surface area contributed by atoms with Crippen molar-refractivity contribution in [2.75, 3.05) is 5.73 Å². The summed E-state index contributed by atoms with van der Waals surface area (Å²) >= 11 is 12.0. The Morgan fingerprint density at radius 3 is 2.76 bits per heavy atom. The molecule has 8 heteroatoms. The Hall–Kier alpha value is -1.31. The molecular weight excluding hydrogens is 315 g/mol. The number of alkyl halides is 2. The van der Waals surface area contributed by atoms with Gasteiger partial charge in [0.05, 0.1) is 11.9 Å². The highest BCUT2D eigenvalue weighted by molar-refractivity contribution is 6.50. The second-order valence-corrected chi connectivity index (χ2v) is 6.62. The molecular formula is C13H16Cl2N4O2. The molecule has 2 aromatic rings. The molecule has 0 amide bonds. The predicted molar refractivity (Wildman–Crippen MR) is 83.2 cm³/mol. The Kier molecular flexibility index (Phi) is 4.46. The summed E-state index contributed by atoms with van der Waals surface area (Å²) in [5, 5.41) is 15.2. The van der Waals surface area contributed by atoms with Crippen molar-refractivity contribution in [1.82, 2.24) is 9.78 Å². The lowest BCUT2D eigenvalue weighted by molar-refractivity contribution is -0.496. The van der Waals surface area contributed by atoms with E-state index >= 15 is 0 Å². The Bertz CT molecular complexity index is 645. The van der Waals surface area contributed by atoms with Crippen LogP contribution in [0, 0.1) is 11.1 Å². The summed E-state index contributed by atoms with van der Waals surface area (Å²) in [6, 6.07) is 5.35. The lowest BCUT2D eigenvalue weighted by atomic mass is 10.1. The molecule has 1 heterocycles. The van der Waals surface area contributed by atoms with Gasteiger partial charge in [0.1, 0.15) is 4.33 Å². The molecule has 1 atom stereocenters. The monoisotopic (exact) mass is 330 g/mol. The Morgan fingerprint density at radius 1 is 1.43 bits per heavy atom. The van der Waals surface area contributed by atoms with Crippen molar-refractivity contribution in [3.05, 3.63) is 35.8 Å². The summed E-state index contributed by atoms with van der Waals surface area (Å²) in [6.45, 7) is 0.697. The van der Waals surface area contributed by atoms with Gasteiger partial charge in [0, 0.05) is 30.3 Å². The number of anilines is 1. The van der Waals surface area contributed by atoms with Gasteiger partial charge in [0.25, 0.3) is 0 Å². The number of rotatable bonds is 4. The molecule has 1 aromatic heterocycles. The SMILES string of the molecule is Nc1ccc(-c2cnn(CC3CC3(Cl)Cl)c2)cc1[NH2+][O-].O. The molecule has 0 aliphatic heterocycles. The van der Waals surface area contributed by atoms with E-state index in [9.17, 15) is 5.21 Å². The highest BCUT2D eigenvalue weighted by Gasteiger charge is 2.51. The third-order valence-corrected chi connectivity index (χ3v) is 4.47. The first-order valence-corrected chi connectivity index (χ1v) is 7.00. The van der Waals surface area contributed by atoms with Crippen LogP contribution >= 0.6 is 23.2 Å². The molecule has 1 saturated carbocycles. The number of aromatic nitrogens is 2. The van der Waals surface area contributed by atoms with Crippen LogP contribution in [0.25, 0.3) is 11.1 Å². The van der Waals surface area contributed by atoms with Gasteiger partial charge in [-0.1, -0.05) is 6.07 Å². The molecule has 3 rings (SSSR count). The largest absolute Gasteiger partial charge is 0.630 e. The number of nitrogen functional groups attached to an aromatic ring is 1. The van der Waals surface area contributed by atoms with E-state index in [0.29, 0.717) is 17.9 Å². The highest BCUT2D eigenvalue weighted by Crippen LogP contribution is 2.53. The quantitative estimate of drug-likeness (QED) is 0.498. The Balaban J connectivity index is 0.00000161. The van der Waals surface area contributed by atoms with Gasteiger partial charge < -0.3 is 21.9 Å². The molecule has 1 fully saturated rings. The van der Waals surface area contributed by atoms with Crippen molar-refractivity contribution < 1.29 is 11.0 Å². The van der Waals surface area contributed by atoms with E-state index in [1.54, 1.807) is 18.3 Å². The zero-order chi connectivity index (χ0) is 14.3. The number of hydrogen-bond donors (Lipinski definition) is 2. The lowest BCUT2D eigenvalue weighted by Crippen LogP contribution is -2.70. The molecule has 1 aliphatic rings. The number of nitrogens with zero attached hydrogens (tertiary/aromatic N) is 2. The second-order valence-electron chi connectivity index (χ2n) is 5.07. The molecule has 114 valence electrons. The van der Waals surface area contributed by atoms with Crippen LogP contribution in [-0.2, 0) is 6.54 Å². The van der Waals surface area contributed by atoms with Gasteiger partial charge in [-0.2, -0.15) is 5.10 Å². The summed E-state index contributed by atoms with van der Waals surface area (Å²) in [7, 11) is 0. The van der Waals surface area contributed by atoms with E-state index in [1.165, 1.54) is 0 Å². The van der Waals surface area contributed by atoms with Crippen molar-refractivity contribution >= 4 is 34.6 Å². The fourth-order valence-electron chi connectivity index (χ4n) is 2.16. The first kappa shape index (κ1) is 16.1. The molecule has 0 saturated heterocycles. The van der Waals surface area contributed by atoms with Crippen LogP contribution in [0.1, 0.15) is 6.42 Å². The van der Waals surface area contributed by atoms with Crippen LogP contribution in [0.4, 0.5) is 11.4 Å². The van der Waals surface area contributed by atoms with Gasteiger partial charge in [-0.3, -0.25) is 4.68 Å². The molecule has 1 aliphatic carbocycles. The lowest BCUT2D eigenvalue weighted by Gasteiger charge is -2.06. The first-order chi connectivity index (χ1) is 9.49. The van der Waals surface area contributed by atoms with Crippen LogP contribution in [-0.4, -0.2) is 19.6 Å². The smallest absolute Gasteiger partial charge is 0.153 e. The third-order valence-electron chi connectivity index (χ3n) is 3.54. The van der Waals surface area contributed by atoms with Crippen LogP contribution in [0.2, 0.25) is 0 Å². The maximum Gasteiger partial charge on any atom is 0.153 e. The zero-order valence-electron chi connectivity index (χ0n) is 11.1. The van der Waals surface area contributed by atoms with E-state index in [1.807, 2.05) is 16.9 Å². The van der Waals surface area contributed by atoms with Gasteiger partial charge in [-0.15, -0.1) is 23.2 Å². The Labute approximate surface area is 131 Å². The summed E-state index contributed by atoms with van der Waals surface area (Å²) in [6.07, 6.45) is 4.47. The minimum atomic E-state index is -0.599. The number of halogens is 2. The van der Waals surface area contributed by atoms with Crippen LogP contribution < -0.4 is 11.2 Å². The summed E-state index contributed by atoms with van der Waals surface area (Å²) in [5.74, 6) is 0.246. The predicted octanol–water partition coefficient (Wildman–Crippen LogP) is 1.19. The van der Waals surface area contributed by atoms with Crippen molar-refractivity contribution in [2.24, 2.45) is 5.92 Å². The van der Waals surface area contributed by atoms with Crippen molar-refractivity contribution in [3.63, 3.8) is 0 Å². The molecule has 1 aromatic carbocycles. The maximum atomic E-state index is 10.9. The normalized spacial score (nSPS) is 19.1. The third kappa shape index (κ3) is 3.30. The van der Waals surface area contributed by atoms with Crippen molar-refractivity contribution in [2.45, 2.75) is 17.3 Å². The number of benzene rings is 1. The molecule has 0 radical (unpaired) electrons. The molecule has 0 bridgehead atoms. The number of quaternary nitrogens is 1. The molecule has 6 N–H and O–H groups in total. The average Bonchev–Trinajstić information content (AvgIpc) is 2.82. The summed E-state index contributed by atoms with van der Waals surface area (Å²) in [5.41, 5.74) is 9.26. The van der Waals surface area contributed by atoms with Gasteiger partial charge in [-0.05, 0) is 18.1 Å². The molecule has 0 spiro atoms. The zero-order valence-corrected chi connectivity index (χ0v) is 12.6. The number of nitrogens with two attached hydrogens (primary N) is 2.